The third-order valence-electron chi connectivity index (χ3n) is 6.36. The van der Waals surface area contributed by atoms with E-state index in [4.69, 9.17) is 0 Å². The molecule has 1 aliphatic heterocycles. The molecule has 3 unspecified atom stereocenters. The summed E-state index contributed by atoms with van der Waals surface area (Å²) in [6.07, 6.45) is 10.1. The Bertz CT molecular complexity index is 599. The van der Waals surface area contributed by atoms with Crippen LogP contribution in [0.2, 0.25) is 0 Å². The Morgan fingerprint density at radius 1 is 1.32 bits per heavy atom. The quantitative estimate of drug-likeness (QED) is 0.733. The number of hydrogen-bond donors (Lipinski definition) is 1. The third-order valence-corrected chi connectivity index (χ3v) is 6.87. The lowest BCUT2D eigenvalue weighted by atomic mass is 9.52. The van der Waals surface area contributed by atoms with Crippen molar-refractivity contribution in [3.05, 3.63) is 39.5 Å². The maximum Gasteiger partial charge on any atom is 0.115 e. The van der Waals surface area contributed by atoms with Crippen LogP contribution in [0, 0.1) is 5.92 Å². The Hall–Kier alpha value is -0.550. The van der Waals surface area contributed by atoms with Gasteiger partial charge in [-0.3, -0.25) is 4.90 Å². The van der Waals surface area contributed by atoms with Gasteiger partial charge < -0.3 is 5.11 Å². The van der Waals surface area contributed by atoms with Crippen LogP contribution in [-0.2, 0) is 11.8 Å². The van der Waals surface area contributed by atoms with E-state index in [9.17, 15) is 5.11 Å². The number of fused-ring (bicyclic) bond motifs is 1. The molecule has 2 nitrogen and oxygen atoms in total. The molecular weight excluding hydrogens is 385 g/mol. The first-order chi connectivity index (χ1) is 10.7. The fraction of sp³-hybridized carbons (Fsp3) is 0.579. The maximum atomic E-state index is 10.0. The monoisotopic (exact) mass is 409 g/mol. The number of phenolic OH excluding ortho intramolecular Hbond substituents is 1. The van der Waals surface area contributed by atoms with E-state index in [0.29, 0.717) is 17.2 Å². The number of rotatable bonds is 2. The molecule has 2 aliphatic carbocycles. The van der Waals surface area contributed by atoms with Crippen molar-refractivity contribution in [3.63, 3.8) is 0 Å². The summed E-state index contributed by atoms with van der Waals surface area (Å²) < 4.78 is 2.15. The molecule has 2 bridgehead atoms. The zero-order valence-corrected chi connectivity index (χ0v) is 15.1. The van der Waals surface area contributed by atoms with Gasteiger partial charge in [-0.2, -0.15) is 0 Å². The molecule has 1 saturated heterocycles. The number of hydrogen-bond acceptors (Lipinski definition) is 2. The fourth-order valence-corrected chi connectivity index (χ4v) is 5.70. The lowest BCUT2D eigenvalue weighted by Crippen LogP contribution is -2.60. The molecule has 4 rings (SSSR count). The van der Waals surface area contributed by atoms with Gasteiger partial charge in [-0.15, -0.1) is 0 Å². The van der Waals surface area contributed by atoms with E-state index in [-0.39, 0.29) is 0 Å². The highest BCUT2D eigenvalue weighted by Crippen LogP contribution is 2.56. The number of phenols is 1. The molecule has 3 aliphatic rings. The normalized spacial score (nSPS) is 34.4. The maximum absolute atomic E-state index is 10.0. The lowest BCUT2D eigenvalue weighted by Gasteiger charge is -2.59. The molecule has 0 radical (unpaired) electrons. The van der Waals surface area contributed by atoms with Crippen LogP contribution in [0.4, 0.5) is 0 Å². The molecule has 1 aromatic carbocycles. The first-order valence-electron chi connectivity index (χ1n) is 8.56. The smallest absolute Gasteiger partial charge is 0.115 e. The predicted molar refractivity (Wildman–Crippen MR) is 98.6 cm³/mol. The zero-order valence-electron chi connectivity index (χ0n) is 13.0. The molecule has 2 fully saturated rings. The second-order valence-corrected chi connectivity index (χ2v) is 7.95. The van der Waals surface area contributed by atoms with Crippen LogP contribution in [0.5, 0.6) is 5.75 Å². The minimum absolute atomic E-state index is 0.347. The number of nitrogens with zero attached hydrogens (tertiary/aromatic N) is 1. The van der Waals surface area contributed by atoms with Crippen molar-refractivity contribution in [2.75, 3.05) is 13.1 Å². The number of aromatic hydroxyl groups is 1. The highest BCUT2D eigenvalue weighted by molar-refractivity contribution is 14.1. The van der Waals surface area contributed by atoms with Crippen LogP contribution in [0.3, 0.4) is 0 Å². The molecule has 0 spiro atoms. The molecule has 1 saturated carbocycles. The van der Waals surface area contributed by atoms with Gasteiger partial charge in [0, 0.05) is 18.0 Å². The number of likely N-dealkylation sites (tertiary alicyclic amines) is 1. The van der Waals surface area contributed by atoms with Gasteiger partial charge in [0.1, 0.15) is 5.75 Å². The third kappa shape index (κ3) is 2.23. The van der Waals surface area contributed by atoms with Gasteiger partial charge in [0.15, 0.2) is 0 Å². The molecule has 118 valence electrons. The first kappa shape index (κ1) is 15.0. The van der Waals surface area contributed by atoms with E-state index in [2.05, 4.69) is 49.8 Å². The average Bonchev–Trinajstić information content (AvgIpc) is 2.55. The summed E-state index contributed by atoms with van der Waals surface area (Å²) in [5.74, 6) is 1.23. The van der Waals surface area contributed by atoms with Crippen molar-refractivity contribution in [3.8, 4) is 5.75 Å². The SMILES string of the molecule is Oc1ccc2c(c1)C13CCCCC1C(C2)N(C/C=C/I)CC3. The summed E-state index contributed by atoms with van der Waals surface area (Å²) in [7, 11) is 0. The summed E-state index contributed by atoms with van der Waals surface area (Å²) in [4.78, 5) is 2.71. The summed E-state index contributed by atoms with van der Waals surface area (Å²) in [6, 6.07) is 6.84. The lowest BCUT2D eigenvalue weighted by molar-refractivity contribution is -0.00518. The molecule has 1 N–H and O–H groups in total. The Morgan fingerprint density at radius 2 is 2.23 bits per heavy atom. The first-order valence-corrected chi connectivity index (χ1v) is 9.81. The van der Waals surface area contributed by atoms with Gasteiger partial charge in [0.25, 0.3) is 0 Å². The molecule has 1 aromatic rings. The van der Waals surface area contributed by atoms with E-state index < -0.39 is 0 Å². The average molecular weight is 409 g/mol. The van der Waals surface area contributed by atoms with Crippen LogP contribution in [-0.4, -0.2) is 29.1 Å². The van der Waals surface area contributed by atoms with Crippen molar-refractivity contribution >= 4 is 22.6 Å². The van der Waals surface area contributed by atoms with Crippen molar-refractivity contribution in [1.82, 2.24) is 4.90 Å². The molecule has 3 atom stereocenters. The Morgan fingerprint density at radius 3 is 3.09 bits per heavy atom. The summed E-state index contributed by atoms with van der Waals surface area (Å²) in [5, 5.41) is 10.0. The second-order valence-electron chi connectivity index (χ2n) is 7.23. The standard InChI is InChI=1S/C19H24INO/c20-9-3-10-21-11-8-19-7-2-1-4-16(19)18(21)12-14-5-6-15(22)13-17(14)19/h3,5-6,9,13,16,18,22H,1-2,4,7-8,10-12H2/b9-3+. The zero-order chi connectivity index (χ0) is 15.2. The van der Waals surface area contributed by atoms with Crippen LogP contribution in [0.25, 0.3) is 0 Å². The topological polar surface area (TPSA) is 23.5 Å². The van der Waals surface area contributed by atoms with E-state index in [0.717, 1.165) is 18.9 Å². The van der Waals surface area contributed by atoms with Gasteiger partial charge in [-0.05, 0) is 65.5 Å². The molecule has 0 aromatic heterocycles. The van der Waals surface area contributed by atoms with Crippen molar-refractivity contribution in [2.24, 2.45) is 5.92 Å². The Labute approximate surface area is 146 Å². The van der Waals surface area contributed by atoms with Crippen molar-refractivity contribution in [2.45, 2.75) is 50.0 Å². The van der Waals surface area contributed by atoms with Crippen molar-refractivity contribution in [1.29, 1.82) is 0 Å². The highest BCUT2D eigenvalue weighted by atomic mass is 127. The van der Waals surface area contributed by atoms with Crippen molar-refractivity contribution < 1.29 is 5.11 Å². The second kappa shape index (κ2) is 5.82. The number of halogens is 1. The Kier molecular flexibility index (Phi) is 3.97. The summed E-state index contributed by atoms with van der Waals surface area (Å²) in [5.41, 5.74) is 3.32. The fourth-order valence-electron chi connectivity index (χ4n) is 5.47. The van der Waals surface area contributed by atoms with Crippen LogP contribution in [0.15, 0.2) is 28.4 Å². The van der Waals surface area contributed by atoms with Gasteiger partial charge in [0.2, 0.25) is 0 Å². The Balaban J connectivity index is 1.78. The van der Waals surface area contributed by atoms with Crippen LogP contribution >= 0.6 is 22.6 Å². The van der Waals surface area contributed by atoms with Crippen LogP contribution < -0.4 is 0 Å². The summed E-state index contributed by atoms with van der Waals surface area (Å²) in [6.45, 7) is 2.30. The van der Waals surface area contributed by atoms with Crippen LogP contribution in [0.1, 0.15) is 43.2 Å². The van der Waals surface area contributed by atoms with E-state index in [1.165, 1.54) is 49.8 Å². The molecule has 1 heterocycles. The molecule has 22 heavy (non-hydrogen) atoms. The van der Waals surface area contributed by atoms with E-state index in [1.807, 2.05) is 6.07 Å². The summed E-state index contributed by atoms with van der Waals surface area (Å²) >= 11 is 2.33. The van der Waals surface area contributed by atoms with Gasteiger partial charge in [0.05, 0.1) is 0 Å². The van der Waals surface area contributed by atoms with Gasteiger partial charge in [-0.1, -0.05) is 47.6 Å². The molecule has 0 amide bonds. The minimum Gasteiger partial charge on any atom is -0.508 e. The highest BCUT2D eigenvalue weighted by Gasteiger charge is 2.53. The van der Waals surface area contributed by atoms with Gasteiger partial charge in [-0.25, -0.2) is 0 Å². The molecule has 3 heteroatoms. The van der Waals surface area contributed by atoms with E-state index in [1.54, 1.807) is 0 Å². The number of benzene rings is 1. The van der Waals surface area contributed by atoms with Gasteiger partial charge >= 0.3 is 0 Å². The minimum atomic E-state index is 0.347. The largest absolute Gasteiger partial charge is 0.508 e. The predicted octanol–water partition coefficient (Wildman–Crippen LogP) is 4.40. The van der Waals surface area contributed by atoms with E-state index >= 15 is 0 Å². The number of piperidine rings is 1. The molecular formula is C19H24INO.